The fourth-order valence-electron chi connectivity index (χ4n) is 4.00. The first-order valence-electron chi connectivity index (χ1n) is 11.4. The van der Waals surface area contributed by atoms with Crippen molar-refractivity contribution in [3.05, 3.63) is 23.9 Å². The number of rotatable bonds is 12. The Hall–Kier alpha value is -1.73. The molecule has 10 heteroatoms. The molecule has 0 bridgehead atoms. The third-order valence-corrected chi connectivity index (χ3v) is 7.23. The molecule has 1 aromatic heterocycles. The minimum Gasteiger partial charge on any atom is -0.491 e. The second kappa shape index (κ2) is 11.6. The van der Waals surface area contributed by atoms with Crippen molar-refractivity contribution in [1.29, 1.82) is 0 Å². The summed E-state index contributed by atoms with van der Waals surface area (Å²) < 4.78 is 26.0. The van der Waals surface area contributed by atoms with Crippen LogP contribution in [0.2, 0.25) is 13.1 Å². The van der Waals surface area contributed by atoms with Gasteiger partial charge in [0.1, 0.15) is 18.6 Å². The number of hydrogen-bond donors (Lipinski definition) is 1. The Kier molecular flexibility index (Phi) is 9.11. The fourth-order valence-corrected chi connectivity index (χ4v) is 5.23. The first-order valence-corrected chi connectivity index (χ1v) is 14.2. The van der Waals surface area contributed by atoms with Gasteiger partial charge in [-0.25, -0.2) is 0 Å². The van der Waals surface area contributed by atoms with E-state index in [-0.39, 0.29) is 29.6 Å². The van der Waals surface area contributed by atoms with Crippen molar-refractivity contribution in [3.63, 3.8) is 0 Å². The maximum atomic E-state index is 11.1. The van der Waals surface area contributed by atoms with E-state index in [4.69, 9.17) is 23.4 Å². The predicted molar refractivity (Wildman–Crippen MR) is 129 cm³/mol. The minimum atomic E-state index is -0.250. The molecule has 1 N–H and O–H groups in total. The Morgan fingerprint density at radius 3 is 2.73 bits per heavy atom. The molecule has 3 rings (SSSR count). The highest BCUT2D eigenvalue weighted by Gasteiger charge is 2.37. The first-order chi connectivity index (χ1) is 15.8. The maximum absolute atomic E-state index is 11.1. The van der Waals surface area contributed by atoms with E-state index in [9.17, 15) is 4.79 Å². The van der Waals surface area contributed by atoms with Crippen LogP contribution in [0.3, 0.4) is 0 Å². The summed E-state index contributed by atoms with van der Waals surface area (Å²) in [6.07, 6.45) is 2.36. The monoisotopic (exact) mass is 489 g/mol. The van der Waals surface area contributed by atoms with Gasteiger partial charge in [-0.15, -0.1) is 0 Å². The van der Waals surface area contributed by atoms with Crippen LogP contribution < -0.4 is 10.1 Å². The summed E-state index contributed by atoms with van der Waals surface area (Å²) in [5, 5.41) is 8.58. The highest BCUT2D eigenvalue weighted by Crippen LogP contribution is 2.37. The highest BCUT2D eigenvalue weighted by atomic mass is 28.2. The van der Waals surface area contributed by atoms with Gasteiger partial charge in [-0.05, 0) is 31.1 Å². The zero-order valence-electron chi connectivity index (χ0n) is 20.4. The van der Waals surface area contributed by atoms with Crippen LogP contribution in [-0.2, 0) is 31.3 Å². The zero-order valence-corrected chi connectivity index (χ0v) is 22.4. The Morgan fingerprint density at radius 1 is 1.33 bits per heavy atom. The number of ether oxygens (including phenoxy) is 2. The van der Waals surface area contributed by atoms with Crippen LogP contribution in [0.25, 0.3) is 10.9 Å². The van der Waals surface area contributed by atoms with Crippen LogP contribution in [0.1, 0.15) is 33.3 Å². The van der Waals surface area contributed by atoms with Crippen LogP contribution in [-0.4, -0.2) is 67.4 Å². The van der Waals surface area contributed by atoms with Crippen LogP contribution >= 0.6 is 0 Å². The molecule has 2 aromatic rings. The molecule has 33 heavy (non-hydrogen) atoms. The third-order valence-electron chi connectivity index (χ3n) is 6.33. The average Bonchev–Trinajstić information content (AvgIpc) is 3.19. The Morgan fingerprint density at radius 2 is 2.06 bits per heavy atom. The Bertz CT molecular complexity index is 930. The Balaban J connectivity index is 1.78. The lowest BCUT2D eigenvalue weighted by Crippen LogP contribution is -2.42. The van der Waals surface area contributed by atoms with Gasteiger partial charge in [-0.3, -0.25) is 9.48 Å². The molecular formula is C23H35N3O5Si2. The number of hydrogen-bond acceptors (Lipinski definition) is 6. The molecular weight excluding hydrogens is 454 g/mol. The van der Waals surface area contributed by atoms with E-state index in [0.717, 1.165) is 35.2 Å². The lowest BCUT2D eigenvalue weighted by atomic mass is 9.79. The van der Waals surface area contributed by atoms with Gasteiger partial charge in [-0.2, -0.15) is 5.10 Å². The molecule has 1 amide bonds. The number of fused-ring (bicyclic) bond motifs is 3. The number of nitrogens with one attached hydrogen (secondary N) is 1. The lowest BCUT2D eigenvalue weighted by Gasteiger charge is -2.39. The van der Waals surface area contributed by atoms with Gasteiger partial charge < -0.3 is 23.6 Å². The zero-order chi connectivity index (χ0) is 24.0. The van der Waals surface area contributed by atoms with E-state index >= 15 is 0 Å². The van der Waals surface area contributed by atoms with Crippen molar-refractivity contribution in [3.8, 4) is 5.75 Å². The molecule has 2 atom stereocenters. The molecule has 4 radical (unpaired) electrons. The SMILES string of the molecule is C[Si]OC(O[Si]C)C(C)(C)C(C)Cn1ncc2ccc3c(c21)CC(OCCNC(C)=O)CO3. The Labute approximate surface area is 201 Å². The molecule has 1 aliphatic rings. The average molecular weight is 490 g/mol. The highest BCUT2D eigenvalue weighted by molar-refractivity contribution is 6.26. The summed E-state index contributed by atoms with van der Waals surface area (Å²) in [5.41, 5.74) is 2.03. The molecule has 0 saturated carbocycles. The molecule has 2 unspecified atom stereocenters. The summed E-state index contributed by atoms with van der Waals surface area (Å²) in [7, 11) is 0.750. The summed E-state index contributed by atoms with van der Waals surface area (Å²) in [5.74, 6) is 1.09. The van der Waals surface area contributed by atoms with Gasteiger partial charge in [-0.1, -0.05) is 20.8 Å². The summed E-state index contributed by atoms with van der Waals surface area (Å²) >= 11 is 0. The number of aromatic nitrogens is 2. The molecule has 0 aliphatic carbocycles. The van der Waals surface area contributed by atoms with Crippen molar-refractivity contribution in [2.75, 3.05) is 19.8 Å². The van der Waals surface area contributed by atoms with Crippen LogP contribution in [0.4, 0.5) is 0 Å². The first kappa shape index (κ1) is 25.9. The summed E-state index contributed by atoms with van der Waals surface area (Å²) in [4.78, 5) is 11.1. The molecule has 1 aromatic carbocycles. The molecule has 0 saturated heterocycles. The minimum absolute atomic E-state index is 0.0525. The molecule has 2 heterocycles. The van der Waals surface area contributed by atoms with Crippen molar-refractivity contribution in [1.82, 2.24) is 15.1 Å². The maximum Gasteiger partial charge on any atom is 0.229 e. The van der Waals surface area contributed by atoms with E-state index in [1.54, 1.807) is 0 Å². The van der Waals surface area contributed by atoms with Crippen LogP contribution in [0, 0.1) is 11.3 Å². The molecule has 0 spiro atoms. The topological polar surface area (TPSA) is 83.8 Å². The van der Waals surface area contributed by atoms with Crippen molar-refractivity contribution >= 4 is 36.3 Å². The quantitative estimate of drug-likeness (QED) is 0.280. The van der Waals surface area contributed by atoms with Gasteiger partial charge >= 0.3 is 0 Å². The van der Waals surface area contributed by atoms with E-state index in [1.807, 2.05) is 25.4 Å². The standard InChI is InChI=1S/C23H35N3O5Si2/c1-15(23(3,4)22(30-32-5)31-33-6)13-26-21-17(12-25-26)7-8-20-19(21)11-18(14-29-20)28-10-9-24-16(2)27/h7-8,12,15,18,22H,9-11,13-14H2,1-6H3,(H,24,27). The van der Waals surface area contributed by atoms with Crippen molar-refractivity contribution in [2.24, 2.45) is 11.3 Å². The lowest BCUT2D eigenvalue weighted by molar-refractivity contribution is -0.119. The van der Waals surface area contributed by atoms with Crippen molar-refractivity contribution < 1.29 is 23.1 Å². The smallest absolute Gasteiger partial charge is 0.229 e. The summed E-state index contributed by atoms with van der Waals surface area (Å²) in [6.45, 7) is 14.4. The second-order valence-electron chi connectivity index (χ2n) is 9.00. The fraction of sp³-hybridized carbons (Fsp3) is 0.652. The number of carbonyl (C=O) groups is 1. The van der Waals surface area contributed by atoms with E-state index < -0.39 is 0 Å². The van der Waals surface area contributed by atoms with E-state index in [2.05, 4.69) is 36.8 Å². The summed E-state index contributed by atoms with van der Waals surface area (Å²) in [6, 6.07) is 4.09. The second-order valence-corrected chi connectivity index (χ2v) is 10.3. The van der Waals surface area contributed by atoms with Gasteiger partial charge in [0.25, 0.3) is 0 Å². The number of benzene rings is 1. The van der Waals surface area contributed by atoms with Gasteiger partial charge in [0.2, 0.25) is 25.4 Å². The number of amides is 1. The van der Waals surface area contributed by atoms with Crippen LogP contribution in [0.15, 0.2) is 18.3 Å². The molecule has 1 aliphatic heterocycles. The normalized spacial score (nSPS) is 17.1. The van der Waals surface area contributed by atoms with E-state index in [0.29, 0.717) is 39.3 Å². The number of carbonyl (C=O) groups excluding carboxylic acids is 1. The largest absolute Gasteiger partial charge is 0.491 e. The van der Waals surface area contributed by atoms with E-state index in [1.165, 1.54) is 6.92 Å². The predicted octanol–water partition coefficient (Wildman–Crippen LogP) is 2.85. The van der Waals surface area contributed by atoms with Gasteiger partial charge in [0.05, 0.1) is 24.4 Å². The molecule has 0 fully saturated rings. The van der Waals surface area contributed by atoms with Crippen molar-refractivity contribution in [2.45, 2.75) is 66.1 Å². The number of nitrogens with zero attached hydrogens (tertiary/aromatic N) is 2. The van der Waals surface area contributed by atoms with Crippen LogP contribution in [0.5, 0.6) is 5.75 Å². The third kappa shape index (κ3) is 6.24. The van der Waals surface area contributed by atoms with Gasteiger partial charge in [0.15, 0.2) is 0 Å². The molecule has 8 nitrogen and oxygen atoms in total. The molecule has 180 valence electrons. The van der Waals surface area contributed by atoms with Gasteiger partial charge in [0, 0.05) is 42.8 Å².